The molecule has 0 radical (unpaired) electrons. The van der Waals surface area contributed by atoms with Crippen LogP contribution in [0.2, 0.25) is 0 Å². The van der Waals surface area contributed by atoms with Crippen LogP contribution in [0.15, 0.2) is 61.1 Å². The summed E-state index contributed by atoms with van der Waals surface area (Å²) in [5.41, 5.74) is 5.37. The second-order valence-corrected chi connectivity index (χ2v) is 6.87. The maximum Gasteiger partial charge on any atom is 0.0525 e. The quantitative estimate of drug-likeness (QED) is 0.773. The molecule has 1 saturated heterocycles. The number of benzene rings is 1. The number of nitrogens with one attached hydrogen (secondary N) is 1. The molecule has 3 heterocycles. The number of hydrogen-bond acceptors (Lipinski definition) is 3. The SMILES string of the molecule is c1ccc(Cc2[nH]ncc2C2CCN(Cc3ccncc3)CC2)cc1. The molecular formula is C21H24N4. The Balaban J connectivity index is 1.37. The first-order valence-corrected chi connectivity index (χ1v) is 9.06. The summed E-state index contributed by atoms with van der Waals surface area (Å²) in [5, 5.41) is 7.57. The predicted molar refractivity (Wildman–Crippen MR) is 99.3 cm³/mol. The van der Waals surface area contributed by atoms with Crippen molar-refractivity contribution < 1.29 is 0 Å². The highest BCUT2D eigenvalue weighted by Crippen LogP contribution is 2.31. The fourth-order valence-electron chi connectivity index (χ4n) is 3.76. The number of hydrogen-bond donors (Lipinski definition) is 1. The maximum atomic E-state index is 4.33. The average molecular weight is 332 g/mol. The monoisotopic (exact) mass is 332 g/mol. The van der Waals surface area contributed by atoms with E-state index in [-0.39, 0.29) is 0 Å². The van der Waals surface area contributed by atoms with Crippen molar-refractivity contribution in [3.8, 4) is 0 Å². The van der Waals surface area contributed by atoms with Crippen LogP contribution in [0.25, 0.3) is 0 Å². The first-order valence-electron chi connectivity index (χ1n) is 9.06. The lowest BCUT2D eigenvalue weighted by molar-refractivity contribution is 0.204. The molecule has 1 N–H and O–H groups in total. The van der Waals surface area contributed by atoms with Gasteiger partial charge in [0, 0.05) is 31.1 Å². The summed E-state index contributed by atoms with van der Waals surface area (Å²) >= 11 is 0. The number of piperidine rings is 1. The van der Waals surface area contributed by atoms with Crippen LogP contribution in [0, 0.1) is 0 Å². The number of pyridine rings is 1. The number of nitrogens with zero attached hydrogens (tertiary/aromatic N) is 3. The van der Waals surface area contributed by atoms with Gasteiger partial charge in [0.05, 0.1) is 6.20 Å². The van der Waals surface area contributed by atoms with E-state index in [0.29, 0.717) is 5.92 Å². The molecule has 1 aromatic carbocycles. The lowest BCUT2D eigenvalue weighted by atomic mass is 9.88. The average Bonchev–Trinajstić information content (AvgIpc) is 3.12. The van der Waals surface area contributed by atoms with Gasteiger partial charge in [-0.15, -0.1) is 0 Å². The molecule has 0 atom stereocenters. The second-order valence-electron chi connectivity index (χ2n) is 6.87. The Labute approximate surface area is 148 Å². The molecule has 0 amide bonds. The van der Waals surface area contributed by atoms with Gasteiger partial charge in [0.2, 0.25) is 0 Å². The topological polar surface area (TPSA) is 44.8 Å². The van der Waals surface area contributed by atoms with Crippen molar-refractivity contribution in [3.63, 3.8) is 0 Å². The molecule has 4 heteroatoms. The van der Waals surface area contributed by atoms with Crippen molar-refractivity contribution in [1.82, 2.24) is 20.1 Å². The minimum Gasteiger partial charge on any atom is -0.299 e. The Bertz CT molecular complexity index is 774. The minimum absolute atomic E-state index is 0.617. The summed E-state index contributed by atoms with van der Waals surface area (Å²) in [5.74, 6) is 0.617. The normalized spacial score (nSPS) is 16.2. The Kier molecular flexibility index (Phi) is 4.89. The van der Waals surface area contributed by atoms with Crippen molar-refractivity contribution >= 4 is 0 Å². The van der Waals surface area contributed by atoms with Crippen molar-refractivity contribution in [2.75, 3.05) is 13.1 Å². The van der Waals surface area contributed by atoms with Gasteiger partial charge >= 0.3 is 0 Å². The second kappa shape index (κ2) is 7.62. The molecule has 4 rings (SSSR count). The molecule has 2 aromatic heterocycles. The molecule has 1 aliphatic heterocycles. The Morgan fingerprint density at radius 3 is 2.48 bits per heavy atom. The lowest BCUT2D eigenvalue weighted by Crippen LogP contribution is -2.32. The molecule has 25 heavy (non-hydrogen) atoms. The first-order chi connectivity index (χ1) is 12.4. The third kappa shape index (κ3) is 3.97. The number of aromatic nitrogens is 3. The fourth-order valence-corrected chi connectivity index (χ4v) is 3.76. The van der Waals surface area contributed by atoms with Gasteiger partial charge in [0.15, 0.2) is 0 Å². The standard InChI is InChI=1S/C21H24N4/c1-2-4-17(5-3-1)14-21-20(15-23-24-21)19-8-12-25(13-9-19)16-18-6-10-22-11-7-18/h1-7,10-11,15,19H,8-9,12-14,16H2,(H,23,24). The predicted octanol–water partition coefficient (Wildman–Crippen LogP) is 3.78. The van der Waals surface area contributed by atoms with Gasteiger partial charge in [-0.25, -0.2) is 0 Å². The highest BCUT2D eigenvalue weighted by atomic mass is 15.1. The van der Waals surface area contributed by atoms with Crippen LogP contribution in [-0.2, 0) is 13.0 Å². The highest BCUT2D eigenvalue weighted by Gasteiger charge is 2.23. The summed E-state index contributed by atoms with van der Waals surface area (Å²) in [4.78, 5) is 6.64. The van der Waals surface area contributed by atoms with E-state index in [1.165, 1.54) is 35.2 Å². The van der Waals surface area contributed by atoms with E-state index in [1.54, 1.807) is 0 Å². The van der Waals surface area contributed by atoms with Gasteiger partial charge in [-0.1, -0.05) is 30.3 Å². The number of rotatable bonds is 5. The maximum absolute atomic E-state index is 4.33. The van der Waals surface area contributed by atoms with E-state index in [0.717, 1.165) is 26.1 Å². The summed E-state index contributed by atoms with van der Waals surface area (Å²) in [6.07, 6.45) is 9.14. The molecule has 1 fully saturated rings. The van der Waals surface area contributed by atoms with Gasteiger partial charge in [-0.2, -0.15) is 5.10 Å². The smallest absolute Gasteiger partial charge is 0.0525 e. The summed E-state index contributed by atoms with van der Waals surface area (Å²) in [6, 6.07) is 14.9. The molecule has 0 saturated carbocycles. The molecular weight excluding hydrogens is 308 g/mol. The number of likely N-dealkylation sites (tertiary alicyclic amines) is 1. The zero-order valence-electron chi connectivity index (χ0n) is 14.4. The van der Waals surface area contributed by atoms with Crippen LogP contribution in [0.4, 0.5) is 0 Å². The van der Waals surface area contributed by atoms with E-state index < -0.39 is 0 Å². The van der Waals surface area contributed by atoms with E-state index in [1.807, 2.05) is 18.6 Å². The molecule has 3 aromatic rings. The molecule has 1 aliphatic rings. The third-order valence-corrected chi connectivity index (χ3v) is 5.16. The van der Waals surface area contributed by atoms with E-state index in [2.05, 4.69) is 62.5 Å². The summed E-state index contributed by atoms with van der Waals surface area (Å²) < 4.78 is 0. The van der Waals surface area contributed by atoms with Crippen molar-refractivity contribution in [2.45, 2.75) is 31.7 Å². The number of H-pyrrole nitrogens is 1. The van der Waals surface area contributed by atoms with E-state index >= 15 is 0 Å². The Morgan fingerprint density at radius 1 is 0.960 bits per heavy atom. The summed E-state index contributed by atoms with van der Waals surface area (Å²) in [6.45, 7) is 3.31. The van der Waals surface area contributed by atoms with Crippen LogP contribution in [0.3, 0.4) is 0 Å². The van der Waals surface area contributed by atoms with Crippen molar-refractivity contribution in [2.24, 2.45) is 0 Å². The van der Waals surface area contributed by atoms with Gasteiger partial charge in [0.25, 0.3) is 0 Å². The first kappa shape index (κ1) is 16.0. The van der Waals surface area contributed by atoms with Crippen LogP contribution < -0.4 is 0 Å². The third-order valence-electron chi connectivity index (χ3n) is 5.16. The van der Waals surface area contributed by atoms with Gasteiger partial charge in [-0.3, -0.25) is 15.0 Å². The Morgan fingerprint density at radius 2 is 1.72 bits per heavy atom. The van der Waals surface area contributed by atoms with Crippen molar-refractivity contribution in [3.05, 3.63) is 83.4 Å². The van der Waals surface area contributed by atoms with E-state index in [9.17, 15) is 0 Å². The molecule has 128 valence electrons. The molecule has 0 spiro atoms. The van der Waals surface area contributed by atoms with Crippen LogP contribution >= 0.6 is 0 Å². The van der Waals surface area contributed by atoms with Crippen LogP contribution in [0.1, 0.15) is 41.1 Å². The largest absolute Gasteiger partial charge is 0.299 e. The zero-order chi connectivity index (χ0) is 16.9. The lowest BCUT2D eigenvalue weighted by Gasteiger charge is -2.32. The molecule has 0 aliphatic carbocycles. The summed E-state index contributed by atoms with van der Waals surface area (Å²) in [7, 11) is 0. The fraction of sp³-hybridized carbons (Fsp3) is 0.333. The highest BCUT2D eigenvalue weighted by molar-refractivity contribution is 5.29. The van der Waals surface area contributed by atoms with Crippen LogP contribution in [-0.4, -0.2) is 33.2 Å². The van der Waals surface area contributed by atoms with Gasteiger partial charge in [-0.05, 0) is 60.7 Å². The number of aromatic amines is 1. The minimum atomic E-state index is 0.617. The molecule has 0 bridgehead atoms. The van der Waals surface area contributed by atoms with E-state index in [4.69, 9.17) is 0 Å². The molecule has 0 unspecified atom stereocenters. The zero-order valence-corrected chi connectivity index (χ0v) is 14.4. The van der Waals surface area contributed by atoms with Gasteiger partial charge < -0.3 is 0 Å². The Hall–Kier alpha value is -2.46. The van der Waals surface area contributed by atoms with Crippen LogP contribution in [0.5, 0.6) is 0 Å². The van der Waals surface area contributed by atoms with Gasteiger partial charge in [0.1, 0.15) is 0 Å². The van der Waals surface area contributed by atoms with Crippen molar-refractivity contribution in [1.29, 1.82) is 0 Å². The molecule has 4 nitrogen and oxygen atoms in total.